The first-order valence-corrected chi connectivity index (χ1v) is 9.74. The first kappa shape index (κ1) is 21.9. The fourth-order valence-corrected chi connectivity index (χ4v) is 3.30. The molecule has 0 aliphatic carbocycles. The van der Waals surface area contributed by atoms with Gasteiger partial charge >= 0.3 is 12.1 Å². The van der Waals surface area contributed by atoms with Gasteiger partial charge in [0.15, 0.2) is 5.15 Å². The number of carbonyl (C=O) groups excluding carboxylic acids is 2. The molecule has 1 aliphatic heterocycles. The Kier molecular flexibility index (Phi) is 6.21. The van der Waals surface area contributed by atoms with Crippen molar-refractivity contribution < 1.29 is 28.5 Å². The summed E-state index contributed by atoms with van der Waals surface area (Å²) in [6.07, 6.45) is -0.944. The molecule has 1 saturated heterocycles. The predicted molar refractivity (Wildman–Crippen MR) is 109 cm³/mol. The van der Waals surface area contributed by atoms with Crippen molar-refractivity contribution in [2.24, 2.45) is 0 Å². The number of nitrogens with zero attached hydrogens (tertiary/aromatic N) is 3. The minimum absolute atomic E-state index is 0.0705. The molecule has 0 bridgehead atoms. The molecule has 0 radical (unpaired) electrons. The summed E-state index contributed by atoms with van der Waals surface area (Å²) in [4.78, 5) is 34.8. The second-order valence-corrected chi connectivity index (χ2v) is 8.18. The van der Waals surface area contributed by atoms with Gasteiger partial charge in [0.05, 0.1) is 31.8 Å². The van der Waals surface area contributed by atoms with Crippen LogP contribution < -0.4 is 9.47 Å². The third kappa shape index (κ3) is 4.84. The first-order chi connectivity index (χ1) is 14.1. The first-order valence-electron chi connectivity index (χ1n) is 9.36. The highest BCUT2D eigenvalue weighted by molar-refractivity contribution is 6.31. The van der Waals surface area contributed by atoms with Crippen LogP contribution in [0.5, 0.6) is 11.6 Å². The third-order valence-corrected chi connectivity index (χ3v) is 4.69. The lowest BCUT2D eigenvalue weighted by molar-refractivity contribution is -0.145. The summed E-state index contributed by atoms with van der Waals surface area (Å²) in [5, 5.41) is 0.0705. The normalized spacial score (nSPS) is 18.9. The molecule has 2 aromatic rings. The molecule has 1 fully saturated rings. The monoisotopic (exact) mass is 437 g/mol. The molecular formula is C20H24ClN3O6. The maximum atomic E-state index is 12.6. The number of likely N-dealkylation sites (tertiary alicyclic amines) is 1. The molecule has 1 aromatic heterocycles. The maximum Gasteiger partial charge on any atom is 0.411 e. The molecule has 10 heteroatoms. The molecule has 1 aromatic carbocycles. The summed E-state index contributed by atoms with van der Waals surface area (Å²) in [6, 6.07) is 4.38. The minimum Gasteiger partial charge on any atom is -0.497 e. The van der Waals surface area contributed by atoms with Gasteiger partial charge in [-0.05, 0) is 32.9 Å². The van der Waals surface area contributed by atoms with Crippen molar-refractivity contribution >= 4 is 34.7 Å². The number of benzene rings is 1. The predicted octanol–water partition coefficient (Wildman–Crippen LogP) is 3.22. The van der Waals surface area contributed by atoms with E-state index in [2.05, 4.69) is 9.97 Å². The largest absolute Gasteiger partial charge is 0.497 e. The van der Waals surface area contributed by atoms with Crippen molar-refractivity contribution in [3.05, 3.63) is 23.4 Å². The van der Waals surface area contributed by atoms with Gasteiger partial charge in [0.2, 0.25) is 0 Å². The molecule has 0 N–H and O–H groups in total. The van der Waals surface area contributed by atoms with E-state index in [0.717, 1.165) is 0 Å². The van der Waals surface area contributed by atoms with Gasteiger partial charge in [-0.3, -0.25) is 4.90 Å². The van der Waals surface area contributed by atoms with E-state index in [-0.39, 0.29) is 24.0 Å². The summed E-state index contributed by atoms with van der Waals surface area (Å²) < 4.78 is 21.3. The van der Waals surface area contributed by atoms with Crippen molar-refractivity contribution in [1.82, 2.24) is 14.9 Å². The third-order valence-electron chi connectivity index (χ3n) is 4.44. The Hall–Kier alpha value is -2.81. The van der Waals surface area contributed by atoms with E-state index >= 15 is 0 Å². The van der Waals surface area contributed by atoms with E-state index in [9.17, 15) is 9.59 Å². The Morgan fingerprint density at radius 3 is 2.53 bits per heavy atom. The van der Waals surface area contributed by atoms with Gasteiger partial charge in [0.1, 0.15) is 23.5 Å². The van der Waals surface area contributed by atoms with Crippen LogP contribution in [-0.2, 0) is 14.3 Å². The Morgan fingerprint density at radius 1 is 1.17 bits per heavy atom. The van der Waals surface area contributed by atoms with Gasteiger partial charge in [-0.1, -0.05) is 11.6 Å². The van der Waals surface area contributed by atoms with Crippen molar-refractivity contribution in [3.63, 3.8) is 0 Å². The maximum absolute atomic E-state index is 12.6. The fraction of sp³-hybridized carbons (Fsp3) is 0.500. The van der Waals surface area contributed by atoms with Gasteiger partial charge < -0.3 is 18.9 Å². The van der Waals surface area contributed by atoms with Crippen LogP contribution >= 0.6 is 11.6 Å². The summed E-state index contributed by atoms with van der Waals surface area (Å²) >= 11 is 6.25. The molecule has 3 rings (SSSR count). The molecule has 1 aliphatic rings. The SMILES string of the molecule is COC(=O)[C@@H]1CC(Oc2nc3ccc(OC)cc3nc2Cl)CN1C(=O)OC(C)(C)C. The summed E-state index contributed by atoms with van der Waals surface area (Å²) in [7, 11) is 2.83. The smallest absolute Gasteiger partial charge is 0.411 e. The van der Waals surface area contributed by atoms with Crippen LogP contribution in [-0.4, -0.2) is 65.4 Å². The van der Waals surface area contributed by atoms with Crippen LogP contribution in [0.1, 0.15) is 27.2 Å². The molecule has 0 spiro atoms. The topological polar surface area (TPSA) is 100 Å². The number of hydrogen-bond donors (Lipinski definition) is 0. The zero-order valence-electron chi connectivity index (χ0n) is 17.5. The van der Waals surface area contributed by atoms with Crippen molar-refractivity contribution in [3.8, 4) is 11.6 Å². The van der Waals surface area contributed by atoms with Gasteiger partial charge in [0, 0.05) is 12.5 Å². The highest BCUT2D eigenvalue weighted by Crippen LogP contribution is 2.30. The van der Waals surface area contributed by atoms with Crippen LogP contribution in [0, 0.1) is 0 Å². The number of aromatic nitrogens is 2. The summed E-state index contributed by atoms with van der Waals surface area (Å²) in [5.74, 6) is 0.204. The van der Waals surface area contributed by atoms with Crippen LogP contribution in [0.15, 0.2) is 18.2 Å². The van der Waals surface area contributed by atoms with Gasteiger partial charge in [-0.25, -0.2) is 19.6 Å². The zero-order valence-corrected chi connectivity index (χ0v) is 18.2. The van der Waals surface area contributed by atoms with Crippen molar-refractivity contribution in [1.29, 1.82) is 0 Å². The Morgan fingerprint density at radius 2 is 1.90 bits per heavy atom. The molecular weight excluding hydrogens is 414 g/mol. The van der Waals surface area contributed by atoms with E-state index in [4.69, 9.17) is 30.5 Å². The molecule has 162 valence electrons. The minimum atomic E-state index is -0.827. The molecule has 0 saturated carbocycles. The van der Waals surface area contributed by atoms with Gasteiger partial charge in [-0.15, -0.1) is 0 Å². The van der Waals surface area contributed by atoms with E-state index < -0.39 is 29.8 Å². The van der Waals surface area contributed by atoms with E-state index in [1.54, 1.807) is 46.1 Å². The van der Waals surface area contributed by atoms with Gasteiger partial charge in [-0.2, -0.15) is 0 Å². The average Bonchev–Trinajstić information content (AvgIpc) is 3.10. The van der Waals surface area contributed by atoms with Crippen LogP contribution in [0.3, 0.4) is 0 Å². The number of fused-ring (bicyclic) bond motifs is 1. The average molecular weight is 438 g/mol. The number of hydrogen-bond acceptors (Lipinski definition) is 8. The lowest BCUT2D eigenvalue weighted by Gasteiger charge is -2.27. The lowest BCUT2D eigenvalue weighted by atomic mass is 10.2. The molecule has 1 unspecified atom stereocenters. The van der Waals surface area contributed by atoms with Crippen LogP contribution in [0.25, 0.3) is 11.0 Å². The number of carbonyl (C=O) groups is 2. The molecule has 2 atom stereocenters. The Balaban J connectivity index is 1.81. The number of methoxy groups -OCH3 is 2. The number of amides is 1. The van der Waals surface area contributed by atoms with Crippen molar-refractivity contribution in [2.75, 3.05) is 20.8 Å². The van der Waals surface area contributed by atoms with Gasteiger partial charge in [0.25, 0.3) is 5.88 Å². The second kappa shape index (κ2) is 8.51. The van der Waals surface area contributed by atoms with Crippen LogP contribution in [0.2, 0.25) is 5.15 Å². The number of halogens is 1. The number of rotatable bonds is 4. The molecule has 30 heavy (non-hydrogen) atoms. The fourth-order valence-electron chi connectivity index (χ4n) is 3.12. The highest BCUT2D eigenvalue weighted by Gasteiger charge is 2.43. The number of esters is 1. The molecule has 9 nitrogen and oxygen atoms in total. The van der Waals surface area contributed by atoms with E-state index in [1.165, 1.54) is 12.0 Å². The number of ether oxygens (including phenoxy) is 4. The standard InChI is InChI=1S/C20H24ClN3O6/c1-20(2,3)30-19(26)24-10-12(9-15(24)18(25)28-5)29-17-16(21)22-14-8-11(27-4)6-7-13(14)23-17/h6-8,12,15H,9-10H2,1-5H3/t12?,15-/m0/s1. The quantitative estimate of drug-likeness (QED) is 0.672. The van der Waals surface area contributed by atoms with Crippen LogP contribution in [0.4, 0.5) is 4.79 Å². The zero-order chi connectivity index (χ0) is 22.1. The van der Waals surface area contributed by atoms with E-state index in [1.807, 2.05) is 0 Å². The highest BCUT2D eigenvalue weighted by atomic mass is 35.5. The second-order valence-electron chi connectivity index (χ2n) is 7.82. The lowest BCUT2D eigenvalue weighted by Crippen LogP contribution is -2.44. The molecule has 1 amide bonds. The van der Waals surface area contributed by atoms with E-state index in [0.29, 0.717) is 16.8 Å². The Bertz CT molecular complexity index is 961. The summed E-state index contributed by atoms with van der Waals surface area (Å²) in [6.45, 7) is 5.37. The Labute approximate surface area is 179 Å². The summed E-state index contributed by atoms with van der Waals surface area (Å²) in [5.41, 5.74) is 0.424. The van der Waals surface area contributed by atoms with Crippen molar-refractivity contribution in [2.45, 2.75) is 44.9 Å². The molecule has 2 heterocycles.